The summed E-state index contributed by atoms with van der Waals surface area (Å²) in [6, 6.07) is 19.4. The molecule has 6 heteroatoms. The van der Waals surface area contributed by atoms with E-state index in [-0.39, 0.29) is 12.3 Å². The van der Waals surface area contributed by atoms with Crippen molar-refractivity contribution in [2.75, 3.05) is 5.32 Å². The zero-order valence-corrected chi connectivity index (χ0v) is 16.6. The Hall–Kier alpha value is -2.96. The summed E-state index contributed by atoms with van der Waals surface area (Å²) in [5.41, 5.74) is 3.74. The van der Waals surface area contributed by atoms with Crippen molar-refractivity contribution in [2.45, 2.75) is 13.0 Å². The first-order valence-corrected chi connectivity index (χ1v) is 10.6. The Balaban J connectivity index is 1.29. The number of carbonyl (C=O) groups is 1. The third-order valence-corrected chi connectivity index (χ3v) is 5.67. The van der Waals surface area contributed by atoms with Crippen LogP contribution < -0.4 is 10.1 Å². The highest BCUT2D eigenvalue weighted by molar-refractivity contribution is 7.14. The quantitative estimate of drug-likeness (QED) is 0.433. The van der Waals surface area contributed by atoms with E-state index in [4.69, 9.17) is 4.74 Å². The highest BCUT2D eigenvalue weighted by Gasteiger charge is 2.10. The Kier molecular flexibility index (Phi) is 5.80. The van der Waals surface area contributed by atoms with Crippen molar-refractivity contribution in [2.24, 2.45) is 0 Å². The van der Waals surface area contributed by atoms with Gasteiger partial charge in [-0.25, -0.2) is 4.98 Å². The molecule has 0 saturated carbocycles. The molecule has 0 unspecified atom stereocenters. The first-order chi connectivity index (χ1) is 13.8. The van der Waals surface area contributed by atoms with Crippen LogP contribution in [0.4, 0.5) is 5.69 Å². The van der Waals surface area contributed by atoms with Crippen LogP contribution in [0.1, 0.15) is 11.3 Å². The number of rotatable bonds is 7. The summed E-state index contributed by atoms with van der Waals surface area (Å²) < 4.78 is 5.77. The largest absolute Gasteiger partial charge is 0.489 e. The Morgan fingerprint density at radius 3 is 2.57 bits per heavy atom. The van der Waals surface area contributed by atoms with Gasteiger partial charge in [0.2, 0.25) is 5.91 Å². The number of aromatic nitrogens is 1. The fourth-order valence-corrected chi connectivity index (χ4v) is 4.18. The SMILES string of the molecule is O=C(Cc1csc(-c2ccsc2)n1)Nc1ccc(OCc2ccccc2)cc1. The number of hydrogen-bond acceptors (Lipinski definition) is 5. The van der Waals surface area contributed by atoms with Crippen LogP contribution in [0.15, 0.2) is 76.8 Å². The van der Waals surface area contributed by atoms with Gasteiger partial charge in [-0.05, 0) is 41.3 Å². The normalized spacial score (nSPS) is 10.6. The van der Waals surface area contributed by atoms with Gasteiger partial charge in [0.1, 0.15) is 17.4 Å². The lowest BCUT2D eigenvalue weighted by Gasteiger charge is -2.08. The smallest absolute Gasteiger partial charge is 0.230 e. The lowest BCUT2D eigenvalue weighted by atomic mass is 10.2. The maximum absolute atomic E-state index is 12.3. The van der Waals surface area contributed by atoms with Gasteiger partial charge in [-0.15, -0.1) is 11.3 Å². The molecule has 0 spiro atoms. The Morgan fingerprint density at radius 2 is 1.82 bits per heavy atom. The molecule has 0 aliphatic heterocycles. The molecular weight excluding hydrogens is 388 g/mol. The highest BCUT2D eigenvalue weighted by Crippen LogP contribution is 2.26. The molecule has 0 aliphatic rings. The number of thiophene rings is 1. The first kappa shape index (κ1) is 18.4. The van der Waals surface area contributed by atoms with E-state index < -0.39 is 0 Å². The third kappa shape index (κ3) is 4.85. The van der Waals surface area contributed by atoms with Crippen LogP contribution in [0, 0.1) is 0 Å². The van der Waals surface area contributed by atoms with E-state index in [1.807, 2.05) is 71.4 Å². The minimum Gasteiger partial charge on any atom is -0.489 e. The number of amides is 1. The zero-order chi connectivity index (χ0) is 19.2. The average Bonchev–Trinajstić information content (AvgIpc) is 3.40. The maximum atomic E-state index is 12.3. The summed E-state index contributed by atoms with van der Waals surface area (Å²) >= 11 is 3.20. The summed E-state index contributed by atoms with van der Waals surface area (Å²) in [6.07, 6.45) is 0.257. The summed E-state index contributed by atoms with van der Waals surface area (Å²) in [4.78, 5) is 16.8. The number of carbonyl (C=O) groups excluding carboxylic acids is 1. The van der Waals surface area contributed by atoms with Crippen LogP contribution in [0.25, 0.3) is 10.6 Å². The van der Waals surface area contributed by atoms with Crippen LogP contribution in [0.5, 0.6) is 5.75 Å². The summed E-state index contributed by atoms with van der Waals surface area (Å²) in [7, 11) is 0. The summed E-state index contributed by atoms with van der Waals surface area (Å²) in [5, 5.41) is 9.88. The Morgan fingerprint density at radius 1 is 1.00 bits per heavy atom. The fraction of sp³-hybridized carbons (Fsp3) is 0.0909. The second-order valence-corrected chi connectivity index (χ2v) is 7.82. The van der Waals surface area contributed by atoms with Crippen molar-refractivity contribution in [3.8, 4) is 16.3 Å². The number of anilines is 1. The predicted molar refractivity (Wildman–Crippen MR) is 115 cm³/mol. The van der Waals surface area contributed by atoms with Gasteiger partial charge in [0.15, 0.2) is 0 Å². The van der Waals surface area contributed by atoms with E-state index in [2.05, 4.69) is 15.7 Å². The third-order valence-electron chi connectivity index (χ3n) is 4.05. The first-order valence-electron chi connectivity index (χ1n) is 8.80. The topological polar surface area (TPSA) is 51.2 Å². The molecule has 140 valence electrons. The highest BCUT2D eigenvalue weighted by atomic mass is 32.1. The molecule has 0 radical (unpaired) electrons. The van der Waals surface area contributed by atoms with Crippen LogP contribution in [0.2, 0.25) is 0 Å². The van der Waals surface area contributed by atoms with Crippen LogP contribution in [-0.4, -0.2) is 10.9 Å². The fourth-order valence-electron chi connectivity index (χ4n) is 2.65. The van der Waals surface area contributed by atoms with E-state index in [1.54, 1.807) is 22.7 Å². The van der Waals surface area contributed by atoms with Crippen molar-refractivity contribution < 1.29 is 9.53 Å². The lowest BCUT2D eigenvalue weighted by molar-refractivity contribution is -0.115. The number of ether oxygens (including phenoxy) is 1. The van der Waals surface area contributed by atoms with Gasteiger partial charge in [-0.2, -0.15) is 11.3 Å². The van der Waals surface area contributed by atoms with Crippen molar-refractivity contribution >= 4 is 34.3 Å². The number of nitrogens with one attached hydrogen (secondary N) is 1. The van der Waals surface area contributed by atoms with Gasteiger partial charge >= 0.3 is 0 Å². The molecule has 0 atom stereocenters. The van der Waals surface area contributed by atoms with Gasteiger partial charge in [-0.1, -0.05) is 30.3 Å². The molecule has 2 aromatic heterocycles. The molecule has 2 heterocycles. The minimum atomic E-state index is -0.0832. The van der Waals surface area contributed by atoms with Crippen LogP contribution in [0.3, 0.4) is 0 Å². The van der Waals surface area contributed by atoms with Crippen molar-refractivity contribution in [3.05, 3.63) is 88.1 Å². The molecule has 28 heavy (non-hydrogen) atoms. The average molecular weight is 407 g/mol. The van der Waals surface area contributed by atoms with Crippen molar-refractivity contribution in [1.82, 2.24) is 4.98 Å². The Bertz CT molecular complexity index is 1030. The van der Waals surface area contributed by atoms with E-state index in [0.717, 1.165) is 33.3 Å². The number of hydrogen-bond donors (Lipinski definition) is 1. The van der Waals surface area contributed by atoms with Gasteiger partial charge in [0.05, 0.1) is 12.1 Å². The van der Waals surface area contributed by atoms with Crippen molar-refractivity contribution in [3.63, 3.8) is 0 Å². The molecule has 1 N–H and O–H groups in total. The van der Waals surface area contributed by atoms with Gasteiger partial charge in [-0.3, -0.25) is 4.79 Å². The summed E-state index contributed by atoms with van der Waals surface area (Å²) in [6.45, 7) is 0.517. The van der Waals surface area contributed by atoms with E-state index in [9.17, 15) is 4.79 Å². The lowest BCUT2D eigenvalue weighted by Crippen LogP contribution is -2.14. The van der Waals surface area contributed by atoms with Crippen molar-refractivity contribution in [1.29, 1.82) is 0 Å². The minimum absolute atomic E-state index is 0.0832. The zero-order valence-electron chi connectivity index (χ0n) is 15.0. The molecule has 4 aromatic rings. The molecular formula is C22H18N2O2S2. The summed E-state index contributed by atoms with van der Waals surface area (Å²) in [5.74, 6) is 0.682. The molecule has 4 nitrogen and oxygen atoms in total. The Labute approximate surface area is 171 Å². The molecule has 0 saturated heterocycles. The number of benzene rings is 2. The van der Waals surface area contributed by atoms with Crippen LogP contribution >= 0.6 is 22.7 Å². The van der Waals surface area contributed by atoms with Gasteiger partial charge < -0.3 is 10.1 Å². The van der Waals surface area contributed by atoms with Crippen LogP contribution in [-0.2, 0) is 17.8 Å². The standard InChI is InChI=1S/C22H18N2O2S2/c25-21(12-19-15-28-22(24-19)17-10-11-27-14-17)23-18-6-8-20(9-7-18)26-13-16-4-2-1-3-5-16/h1-11,14-15H,12-13H2,(H,23,25). The maximum Gasteiger partial charge on any atom is 0.230 e. The molecule has 0 bridgehead atoms. The van der Waals surface area contributed by atoms with Gasteiger partial charge in [0, 0.05) is 22.0 Å². The van der Waals surface area contributed by atoms with E-state index >= 15 is 0 Å². The molecule has 0 aliphatic carbocycles. The number of nitrogens with zero attached hydrogens (tertiary/aromatic N) is 1. The van der Waals surface area contributed by atoms with E-state index in [1.165, 1.54) is 0 Å². The predicted octanol–water partition coefficient (Wildman–Crippen LogP) is 5.63. The molecule has 4 rings (SSSR count). The number of thiazole rings is 1. The second-order valence-electron chi connectivity index (χ2n) is 6.18. The van der Waals surface area contributed by atoms with E-state index in [0.29, 0.717) is 6.61 Å². The molecule has 1 amide bonds. The molecule has 0 fully saturated rings. The monoisotopic (exact) mass is 406 g/mol. The molecule has 2 aromatic carbocycles. The second kappa shape index (κ2) is 8.82. The van der Waals surface area contributed by atoms with Gasteiger partial charge in [0.25, 0.3) is 0 Å².